The minimum atomic E-state index is -0.420. The van der Waals surface area contributed by atoms with Crippen LogP contribution in [0.1, 0.15) is 36.8 Å². The molecule has 0 spiro atoms. The molecule has 7 heteroatoms. The van der Waals surface area contributed by atoms with Gasteiger partial charge in [0.05, 0.1) is 0 Å². The number of urea groups is 1. The van der Waals surface area contributed by atoms with Gasteiger partial charge in [0.2, 0.25) is 0 Å². The van der Waals surface area contributed by atoms with E-state index in [1.807, 2.05) is 20.8 Å². The molecular weight excluding hydrogens is 320 g/mol. The molecule has 1 aromatic heterocycles. The molecule has 0 aliphatic rings. The molecule has 7 nitrogen and oxygen atoms in total. The standard InChI is InChI=1S/C18H22N4O3/c1-18(2,3)22-16(24)15-10-13(7-8-19-15)21-17(25)20-11-12-5-4-6-14(23)9-12/h4-10,23H,11H2,1-3H3,(H,22,24)(H2,19,20,21,25). The average molecular weight is 342 g/mol. The van der Waals surface area contributed by atoms with Gasteiger partial charge in [-0.2, -0.15) is 0 Å². The smallest absolute Gasteiger partial charge is 0.319 e. The van der Waals surface area contributed by atoms with E-state index in [0.29, 0.717) is 5.69 Å². The third-order valence-electron chi connectivity index (χ3n) is 3.10. The Morgan fingerprint density at radius 2 is 1.92 bits per heavy atom. The highest BCUT2D eigenvalue weighted by Gasteiger charge is 2.16. The number of nitrogens with zero attached hydrogens (tertiary/aromatic N) is 1. The van der Waals surface area contributed by atoms with E-state index in [0.717, 1.165) is 5.56 Å². The van der Waals surface area contributed by atoms with Crippen molar-refractivity contribution in [3.8, 4) is 5.75 Å². The van der Waals surface area contributed by atoms with Gasteiger partial charge in [-0.25, -0.2) is 4.79 Å². The first kappa shape index (κ1) is 18.3. The van der Waals surface area contributed by atoms with Crippen LogP contribution in [0.25, 0.3) is 0 Å². The van der Waals surface area contributed by atoms with Crippen molar-refractivity contribution in [1.29, 1.82) is 0 Å². The molecule has 0 unspecified atom stereocenters. The Kier molecular flexibility index (Phi) is 5.59. The number of pyridine rings is 1. The maximum Gasteiger partial charge on any atom is 0.319 e. The van der Waals surface area contributed by atoms with Crippen LogP contribution in [0.3, 0.4) is 0 Å². The highest BCUT2D eigenvalue weighted by molar-refractivity contribution is 5.95. The van der Waals surface area contributed by atoms with Crippen molar-refractivity contribution >= 4 is 17.6 Å². The summed E-state index contributed by atoms with van der Waals surface area (Å²) in [6.07, 6.45) is 1.46. The molecular formula is C18H22N4O3. The molecule has 1 heterocycles. The molecule has 2 rings (SSSR count). The molecule has 132 valence electrons. The quantitative estimate of drug-likeness (QED) is 0.686. The van der Waals surface area contributed by atoms with Gasteiger partial charge in [-0.3, -0.25) is 9.78 Å². The van der Waals surface area contributed by atoms with E-state index in [1.165, 1.54) is 12.3 Å². The van der Waals surface area contributed by atoms with Crippen LogP contribution in [0.15, 0.2) is 42.6 Å². The summed E-state index contributed by atoms with van der Waals surface area (Å²) in [6, 6.07) is 9.31. The fourth-order valence-electron chi connectivity index (χ4n) is 2.06. The van der Waals surface area contributed by atoms with E-state index in [-0.39, 0.29) is 29.4 Å². The number of aromatic nitrogens is 1. The van der Waals surface area contributed by atoms with Crippen molar-refractivity contribution in [2.75, 3.05) is 5.32 Å². The second kappa shape index (κ2) is 7.65. The summed E-state index contributed by atoms with van der Waals surface area (Å²) < 4.78 is 0. The van der Waals surface area contributed by atoms with Gasteiger partial charge >= 0.3 is 6.03 Å². The van der Waals surface area contributed by atoms with Crippen molar-refractivity contribution in [2.45, 2.75) is 32.9 Å². The Balaban J connectivity index is 1.94. The minimum Gasteiger partial charge on any atom is -0.508 e. The Hall–Kier alpha value is -3.09. The number of phenols is 1. The summed E-state index contributed by atoms with van der Waals surface area (Å²) in [6.45, 7) is 5.90. The lowest BCUT2D eigenvalue weighted by molar-refractivity contribution is 0.0914. The largest absolute Gasteiger partial charge is 0.508 e. The minimum absolute atomic E-state index is 0.142. The molecule has 0 saturated heterocycles. The van der Waals surface area contributed by atoms with Crippen LogP contribution in [-0.4, -0.2) is 27.6 Å². The summed E-state index contributed by atoms with van der Waals surface area (Å²) in [5, 5.41) is 17.5. The van der Waals surface area contributed by atoms with Crippen molar-refractivity contribution < 1.29 is 14.7 Å². The number of anilines is 1. The number of benzene rings is 1. The molecule has 0 bridgehead atoms. The van der Waals surface area contributed by atoms with Crippen LogP contribution in [0.4, 0.5) is 10.5 Å². The zero-order chi connectivity index (χ0) is 18.4. The molecule has 3 amide bonds. The maximum absolute atomic E-state index is 12.1. The first-order valence-electron chi connectivity index (χ1n) is 7.84. The zero-order valence-electron chi connectivity index (χ0n) is 14.5. The van der Waals surface area contributed by atoms with Crippen molar-refractivity contribution in [3.63, 3.8) is 0 Å². The van der Waals surface area contributed by atoms with Gasteiger partial charge in [-0.05, 0) is 50.6 Å². The lowest BCUT2D eigenvalue weighted by Gasteiger charge is -2.20. The molecule has 0 atom stereocenters. The van der Waals surface area contributed by atoms with Crippen LogP contribution < -0.4 is 16.0 Å². The second-order valence-electron chi connectivity index (χ2n) is 6.61. The molecule has 0 fully saturated rings. The third kappa shape index (κ3) is 6.14. The molecule has 25 heavy (non-hydrogen) atoms. The number of carbonyl (C=O) groups is 2. The molecule has 2 aromatic rings. The second-order valence-corrected chi connectivity index (χ2v) is 6.61. The predicted molar refractivity (Wildman–Crippen MR) is 95.4 cm³/mol. The van der Waals surface area contributed by atoms with Crippen molar-refractivity contribution in [1.82, 2.24) is 15.6 Å². The number of nitrogens with one attached hydrogen (secondary N) is 3. The van der Waals surface area contributed by atoms with Gasteiger partial charge < -0.3 is 21.1 Å². The van der Waals surface area contributed by atoms with E-state index in [1.54, 1.807) is 30.3 Å². The van der Waals surface area contributed by atoms with Crippen LogP contribution in [0.5, 0.6) is 5.75 Å². The van der Waals surface area contributed by atoms with Gasteiger partial charge in [0.15, 0.2) is 0 Å². The van der Waals surface area contributed by atoms with Crippen LogP contribution in [0.2, 0.25) is 0 Å². The summed E-state index contributed by atoms with van der Waals surface area (Å²) >= 11 is 0. The highest BCUT2D eigenvalue weighted by atomic mass is 16.3. The number of phenolic OH excluding ortho intramolecular Hbond substituents is 1. The summed E-state index contributed by atoms with van der Waals surface area (Å²) in [7, 11) is 0. The zero-order valence-corrected chi connectivity index (χ0v) is 14.5. The van der Waals surface area contributed by atoms with Gasteiger partial charge in [0, 0.05) is 24.0 Å². The summed E-state index contributed by atoms with van der Waals surface area (Å²) in [5.41, 5.74) is 1.08. The fraction of sp³-hybridized carbons (Fsp3) is 0.278. The Labute approximate surface area is 146 Å². The molecule has 0 aliphatic carbocycles. The fourth-order valence-corrected chi connectivity index (χ4v) is 2.06. The predicted octanol–water partition coefficient (Wildman–Crippen LogP) is 2.64. The van der Waals surface area contributed by atoms with Crippen LogP contribution >= 0.6 is 0 Å². The van der Waals surface area contributed by atoms with Crippen LogP contribution in [-0.2, 0) is 6.54 Å². The third-order valence-corrected chi connectivity index (χ3v) is 3.10. The number of hydrogen-bond donors (Lipinski definition) is 4. The summed E-state index contributed by atoms with van der Waals surface area (Å²) in [5.74, 6) is -0.167. The molecule has 0 aliphatic heterocycles. The number of amides is 3. The van der Waals surface area contributed by atoms with Gasteiger partial charge in [0.1, 0.15) is 11.4 Å². The van der Waals surface area contributed by atoms with Crippen LogP contribution in [0, 0.1) is 0 Å². The molecule has 0 radical (unpaired) electrons. The SMILES string of the molecule is CC(C)(C)NC(=O)c1cc(NC(=O)NCc2cccc(O)c2)ccn1. The monoisotopic (exact) mass is 342 g/mol. The average Bonchev–Trinajstić information content (AvgIpc) is 2.52. The Morgan fingerprint density at radius 1 is 1.16 bits per heavy atom. The number of aromatic hydroxyl groups is 1. The first-order valence-corrected chi connectivity index (χ1v) is 7.84. The molecule has 1 aromatic carbocycles. The number of hydrogen-bond acceptors (Lipinski definition) is 4. The van der Waals surface area contributed by atoms with Crippen molar-refractivity contribution in [2.24, 2.45) is 0 Å². The highest BCUT2D eigenvalue weighted by Crippen LogP contribution is 2.11. The van der Waals surface area contributed by atoms with E-state index in [2.05, 4.69) is 20.9 Å². The number of rotatable bonds is 4. The Bertz CT molecular complexity index is 769. The van der Waals surface area contributed by atoms with E-state index >= 15 is 0 Å². The lowest BCUT2D eigenvalue weighted by atomic mass is 10.1. The lowest BCUT2D eigenvalue weighted by Crippen LogP contribution is -2.41. The Morgan fingerprint density at radius 3 is 2.60 bits per heavy atom. The van der Waals surface area contributed by atoms with Gasteiger partial charge in [-0.15, -0.1) is 0 Å². The normalized spacial score (nSPS) is 10.8. The van der Waals surface area contributed by atoms with E-state index in [4.69, 9.17) is 0 Å². The summed E-state index contributed by atoms with van der Waals surface area (Å²) in [4.78, 5) is 28.1. The topological polar surface area (TPSA) is 103 Å². The van der Waals surface area contributed by atoms with Gasteiger partial charge in [0.25, 0.3) is 5.91 Å². The number of carbonyl (C=O) groups excluding carboxylic acids is 2. The van der Waals surface area contributed by atoms with Crippen molar-refractivity contribution in [3.05, 3.63) is 53.9 Å². The first-order chi connectivity index (χ1) is 11.7. The molecule has 0 saturated carbocycles. The molecule has 4 N–H and O–H groups in total. The van der Waals surface area contributed by atoms with Gasteiger partial charge in [-0.1, -0.05) is 12.1 Å². The van der Waals surface area contributed by atoms with E-state index in [9.17, 15) is 14.7 Å². The van der Waals surface area contributed by atoms with E-state index < -0.39 is 6.03 Å². The maximum atomic E-state index is 12.1.